The number of hydrogen-bond acceptors (Lipinski definition) is 3. The number of carbonyl (C=O) groups excluding carboxylic acids is 1. The smallest absolute Gasteiger partial charge is 0.328 e. The second-order valence-electron chi connectivity index (χ2n) is 5.32. The minimum Gasteiger partial charge on any atom is -0.480 e. The largest absolute Gasteiger partial charge is 0.480 e. The number of aryl methyl sites for hydroxylation is 1. The number of benzene rings is 1. The van der Waals surface area contributed by atoms with Crippen LogP contribution in [0.25, 0.3) is 5.69 Å². The number of aromatic nitrogens is 2. The number of hydrogen-bond donors (Lipinski definition) is 2. The van der Waals surface area contributed by atoms with E-state index in [1.165, 1.54) is 13.8 Å². The highest BCUT2D eigenvalue weighted by molar-refractivity contribution is 5.97. The Labute approximate surface area is 122 Å². The molecular formula is C15H17N3O3. The maximum atomic E-state index is 12.0. The highest BCUT2D eigenvalue weighted by Gasteiger charge is 2.29. The maximum Gasteiger partial charge on any atom is 0.328 e. The van der Waals surface area contributed by atoms with Crippen molar-refractivity contribution in [1.29, 1.82) is 0 Å². The first kappa shape index (κ1) is 14.8. The second-order valence-corrected chi connectivity index (χ2v) is 5.32. The van der Waals surface area contributed by atoms with E-state index in [2.05, 4.69) is 10.4 Å². The first-order chi connectivity index (χ1) is 9.81. The normalized spacial score (nSPS) is 11.2. The van der Waals surface area contributed by atoms with E-state index in [0.29, 0.717) is 5.56 Å². The van der Waals surface area contributed by atoms with Crippen molar-refractivity contribution >= 4 is 11.9 Å². The lowest BCUT2D eigenvalue weighted by molar-refractivity contribution is -0.143. The monoisotopic (exact) mass is 287 g/mol. The van der Waals surface area contributed by atoms with Gasteiger partial charge in [-0.05, 0) is 51.1 Å². The molecule has 0 bridgehead atoms. The third-order valence-electron chi connectivity index (χ3n) is 3.17. The van der Waals surface area contributed by atoms with E-state index < -0.39 is 17.4 Å². The van der Waals surface area contributed by atoms with E-state index in [4.69, 9.17) is 5.11 Å². The number of rotatable bonds is 4. The zero-order valence-corrected chi connectivity index (χ0v) is 12.1. The van der Waals surface area contributed by atoms with Crippen molar-refractivity contribution < 1.29 is 14.7 Å². The summed E-state index contributed by atoms with van der Waals surface area (Å²) >= 11 is 0. The summed E-state index contributed by atoms with van der Waals surface area (Å²) in [5, 5.41) is 15.7. The quantitative estimate of drug-likeness (QED) is 0.897. The number of carbonyl (C=O) groups is 2. The van der Waals surface area contributed by atoms with Crippen molar-refractivity contribution in [2.75, 3.05) is 0 Å². The third kappa shape index (κ3) is 3.10. The maximum absolute atomic E-state index is 12.0. The van der Waals surface area contributed by atoms with Crippen LogP contribution in [-0.2, 0) is 4.79 Å². The predicted molar refractivity (Wildman–Crippen MR) is 77.5 cm³/mol. The summed E-state index contributed by atoms with van der Waals surface area (Å²) in [6.07, 6.45) is 1.70. The van der Waals surface area contributed by atoms with Gasteiger partial charge in [0.15, 0.2) is 0 Å². The summed E-state index contributed by atoms with van der Waals surface area (Å²) in [7, 11) is 0. The van der Waals surface area contributed by atoms with Crippen LogP contribution in [0.4, 0.5) is 0 Å². The minimum absolute atomic E-state index is 0.401. The van der Waals surface area contributed by atoms with Gasteiger partial charge in [0.1, 0.15) is 5.54 Å². The molecule has 110 valence electrons. The molecule has 2 rings (SSSR count). The van der Waals surface area contributed by atoms with E-state index in [1.807, 2.05) is 13.0 Å². The van der Waals surface area contributed by atoms with Gasteiger partial charge in [0, 0.05) is 17.5 Å². The molecule has 1 heterocycles. The Balaban J connectivity index is 2.18. The summed E-state index contributed by atoms with van der Waals surface area (Å²) in [6.45, 7) is 4.81. The average Bonchev–Trinajstić information content (AvgIpc) is 2.84. The average molecular weight is 287 g/mol. The van der Waals surface area contributed by atoms with Crippen LogP contribution in [0.2, 0.25) is 0 Å². The number of carboxylic acid groups (broad SMARTS) is 1. The molecule has 6 heteroatoms. The lowest BCUT2D eigenvalue weighted by Gasteiger charge is -2.21. The van der Waals surface area contributed by atoms with Gasteiger partial charge >= 0.3 is 5.97 Å². The standard InChI is InChI=1S/C15H17N3O3/c1-10-8-9-16-18(10)12-6-4-11(5-7-12)13(19)17-15(2,3)14(20)21/h4-9H,1-3H3,(H,17,19)(H,20,21). The molecule has 21 heavy (non-hydrogen) atoms. The molecule has 0 spiro atoms. The van der Waals surface area contributed by atoms with Gasteiger partial charge in [0.05, 0.1) is 5.69 Å². The van der Waals surface area contributed by atoms with Crippen LogP contribution in [-0.4, -0.2) is 32.3 Å². The summed E-state index contributed by atoms with van der Waals surface area (Å²) in [4.78, 5) is 23.0. The Kier molecular flexibility index (Phi) is 3.80. The van der Waals surface area contributed by atoms with E-state index in [0.717, 1.165) is 11.4 Å². The molecule has 1 aromatic carbocycles. The Morgan fingerprint density at radius 1 is 1.19 bits per heavy atom. The molecule has 1 amide bonds. The lowest BCUT2D eigenvalue weighted by Crippen LogP contribution is -2.49. The first-order valence-electron chi connectivity index (χ1n) is 6.48. The van der Waals surface area contributed by atoms with Crippen LogP contribution in [0.5, 0.6) is 0 Å². The van der Waals surface area contributed by atoms with Gasteiger partial charge in [-0.15, -0.1) is 0 Å². The van der Waals surface area contributed by atoms with Gasteiger partial charge in [-0.2, -0.15) is 5.10 Å². The zero-order valence-electron chi connectivity index (χ0n) is 12.1. The summed E-state index contributed by atoms with van der Waals surface area (Å²) in [5.74, 6) is -1.51. The Morgan fingerprint density at radius 3 is 2.29 bits per heavy atom. The van der Waals surface area contributed by atoms with Crippen LogP contribution >= 0.6 is 0 Å². The van der Waals surface area contributed by atoms with Crippen LogP contribution in [0, 0.1) is 6.92 Å². The summed E-state index contributed by atoms with van der Waals surface area (Å²) in [6, 6.07) is 8.70. The molecule has 0 unspecified atom stereocenters. The van der Waals surface area contributed by atoms with Crippen molar-refractivity contribution in [2.24, 2.45) is 0 Å². The topological polar surface area (TPSA) is 84.2 Å². The van der Waals surface area contributed by atoms with Crippen molar-refractivity contribution in [3.05, 3.63) is 47.8 Å². The summed E-state index contributed by atoms with van der Waals surface area (Å²) < 4.78 is 1.75. The van der Waals surface area contributed by atoms with E-state index >= 15 is 0 Å². The number of amides is 1. The SMILES string of the molecule is Cc1ccnn1-c1ccc(C(=O)NC(C)(C)C(=O)O)cc1. The van der Waals surface area contributed by atoms with E-state index in [9.17, 15) is 9.59 Å². The minimum atomic E-state index is -1.31. The zero-order chi connectivity index (χ0) is 15.6. The lowest BCUT2D eigenvalue weighted by atomic mass is 10.1. The van der Waals surface area contributed by atoms with Crippen LogP contribution in [0.1, 0.15) is 29.9 Å². The summed E-state index contributed by atoms with van der Waals surface area (Å²) in [5.41, 5.74) is 0.914. The molecule has 6 nitrogen and oxygen atoms in total. The highest BCUT2D eigenvalue weighted by Crippen LogP contribution is 2.12. The van der Waals surface area contributed by atoms with Crippen LogP contribution in [0.3, 0.4) is 0 Å². The van der Waals surface area contributed by atoms with Gasteiger partial charge in [-0.1, -0.05) is 0 Å². The van der Waals surface area contributed by atoms with E-state index in [-0.39, 0.29) is 0 Å². The molecule has 2 aromatic rings. The van der Waals surface area contributed by atoms with Crippen LogP contribution in [0.15, 0.2) is 36.5 Å². The van der Waals surface area contributed by atoms with E-state index in [1.54, 1.807) is 35.1 Å². The van der Waals surface area contributed by atoms with Crippen molar-refractivity contribution in [3.8, 4) is 5.69 Å². The predicted octanol–water partition coefficient (Wildman–Crippen LogP) is 1.77. The van der Waals surface area contributed by atoms with Crippen molar-refractivity contribution in [1.82, 2.24) is 15.1 Å². The van der Waals surface area contributed by atoms with Gasteiger partial charge in [-0.3, -0.25) is 4.79 Å². The Morgan fingerprint density at radius 2 is 1.81 bits per heavy atom. The second kappa shape index (κ2) is 5.40. The molecular weight excluding hydrogens is 270 g/mol. The van der Waals surface area contributed by atoms with Crippen molar-refractivity contribution in [2.45, 2.75) is 26.3 Å². The number of nitrogens with one attached hydrogen (secondary N) is 1. The number of nitrogens with zero attached hydrogens (tertiary/aromatic N) is 2. The molecule has 0 atom stereocenters. The van der Waals surface area contributed by atoms with Crippen molar-refractivity contribution in [3.63, 3.8) is 0 Å². The molecule has 0 aliphatic heterocycles. The molecule has 0 fully saturated rings. The highest BCUT2D eigenvalue weighted by atomic mass is 16.4. The fourth-order valence-corrected chi connectivity index (χ4v) is 1.80. The van der Waals surface area contributed by atoms with Gasteiger partial charge in [0.25, 0.3) is 5.91 Å². The number of carboxylic acids is 1. The Bertz CT molecular complexity index is 672. The molecule has 0 aliphatic rings. The molecule has 0 radical (unpaired) electrons. The van der Waals surface area contributed by atoms with Gasteiger partial charge in [0.2, 0.25) is 0 Å². The van der Waals surface area contributed by atoms with Gasteiger partial charge < -0.3 is 10.4 Å². The Hall–Kier alpha value is -2.63. The molecule has 0 saturated heterocycles. The fourth-order valence-electron chi connectivity index (χ4n) is 1.80. The molecule has 0 aliphatic carbocycles. The molecule has 0 saturated carbocycles. The third-order valence-corrected chi connectivity index (χ3v) is 3.17. The number of aliphatic carboxylic acids is 1. The molecule has 2 N–H and O–H groups in total. The fraction of sp³-hybridized carbons (Fsp3) is 0.267. The first-order valence-corrected chi connectivity index (χ1v) is 6.48. The van der Waals surface area contributed by atoms with Gasteiger partial charge in [-0.25, -0.2) is 9.48 Å². The molecule has 1 aromatic heterocycles. The van der Waals surface area contributed by atoms with Crippen LogP contribution < -0.4 is 5.32 Å².